The van der Waals surface area contributed by atoms with E-state index in [1.165, 1.54) is 12.8 Å². The third kappa shape index (κ3) is 6.22. The molecule has 6 heteroatoms. The van der Waals surface area contributed by atoms with Crippen LogP contribution in [-0.4, -0.2) is 59.0 Å². The van der Waals surface area contributed by atoms with Crippen molar-refractivity contribution in [1.29, 1.82) is 0 Å². The molecule has 1 heterocycles. The number of nitrogens with one attached hydrogen (secondary N) is 1. The molecule has 0 bridgehead atoms. The monoisotopic (exact) mass is 318 g/mol. The molecule has 2 rings (SSSR count). The zero-order chi connectivity index (χ0) is 15.1. The SMILES string of the molecule is COCCN1CCCC(CNS(=O)(=O)CC2CCCC2)C1. The van der Waals surface area contributed by atoms with Gasteiger partial charge in [-0.3, -0.25) is 0 Å². The molecule has 2 aliphatic rings. The molecule has 0 aromatic rings. The predicted octanol–water partition coefficient (Wildman–Crippen LogP) is 1.45. The number of ether oxygens (including phenoxy) is 1. The molecule has 0 aromatic carbocycles. The van der Waals surface area contributed by atoms with Crippen molar-refractivity contribution in [3.05, 3.63) is 0 Å². The van der Waals surface area contributed by atoms with Gasteiger partial charge in [-0.25, -0.2) is 13.1 Å². The Morgan fingerprint density at radius 1 is 1.14 bits per heavy atom. The highest BCUT2D eigenvalue weighted by molar-refractivity contribution is 7.89. The summed E-state index contributed by atoms with van der Waals surface area (Å²) in [7, 11) is -1.37. The zero-order valence-electron chi connectivity index (χ0n) is 13.2. The molecule has 1 atom stereocenters. The molecule has 1 aliphatic carbocycles. The molecule has 0 spiro atoms. The summed E-state index contributed by atoms with van der Waals surface area (Å²) in [5.74, 6) is 1.15. The Morgan fingerprint density at radius 3 is 2.57 bits per heavy atom. The maximum atomic E-state index is 12.1. The van der Waals surface area contributed by atoms with Crippen molar-refractivity contribution in [2.45, 2.75) is 38.5 Å². The lowest BCUT2D eigenvalue weighted by Crippen LogP contribution is -2.42. The highest BCUT2D eigenvalue weighted by Crippen LogP contribution is 2.25. The lowest BCUT2D eigenvalue weighted by atomic mass is 9.98. The molecule has 0 aromatic heterocycles. The summed E-state index contributed by atoms with van der Waals surface area (Å²) in [5.41, 5.74) is 0. The third-order valence-corrected chi connectivity index (χ3v) is 6.25. The summed E-state index contributed by atoms with van der Waals surface area (Å²) >= 11 is 0. The van der Waals surface area contributed by atoms with Crippen molar-refractivity contribution in [3.63, 3.8) is 0 Å². The van der Waals surface area contributed by atoms with E-state index < -0.39 is 10.0 Å². The van der Waals surface area contributed by atoms with Crippen molar-refractivity contribution in [2.75, 3.05) is 45.6 Å². The number of likely N-dealkylation sites (tertiary alicyclic amines) is 1. The first-order chi connectivity index (χ1) is 10.1. The molecule has 1 saturated carbocycles. The van der Waals surface area contributed by atoms with E-state index in [1.807, 2.05) is 0 Å². The molecule has 1 saturated heterocycles. The maximum absolute atomic E-state index is 12.1. The number of rotatable bonds is 8. The number of hydrogen-bond donors (Lipinski definition) is 1. The number of nitrogens with zero attached hydrogens (tertiary/aromatic N) is 1. The molecule has 5 nitrogen and oxygen atoms in total. The van der Waals surface area contributed by atoms with E-state index in [-0.39, 0.29) is 0 Å². The van der Waals surface area contributed by atoms with E-state index in [1.54, 1.807) is 7.11 Å². The standard InChI is InChI=1S/C15H30N2O3S/c1-20-10-9-17-8-4-7-15(12-17)11-16-21(18,19)13-14-5-2-3-6-14/h14-16H,2-13H2,1H3. The van der Waals surface area contributed by atoms with Crippen LogP contribution < -0.4 is 4.72 Å². The topological polar surface area (TPSA) is 58.6 Å². The van der Waals surface area contributed by atoms with E-state index >= 15 is 0 Å². The average molecular weight is 318 g/mol. The summed E-state index contributed by atoms with van der Waals surface area (Å²) in [4.78, 5) is 2.38. The average Bonchev–Trinajstić information content (AvgIpc) is 2.96. The molecule has 21 heavy (non-hydrogen) atoms. The van der Waals surface area contributed by atoms with Crippen molar-refractivity contribution in [1.82, 2.24) is 9.62 Å². The largest absolute Gasteiger partial charge is 0.383 e. The van der Waals surface area contributed by atoms with Crippen molar-refractivity contribution in [3.8, 4) is 0 Å². The Morgan fingerprint density at radius 2 is 1.86 bits per heavy atom. The van der Waals surface area contributed by atoms with Gasteiger partial charge in [0.25, 0.3) is 0 Å². The second-order valence-corrected chi connectivity index (χ2v) is 8.43. The summed E-state index contributed by atoms with van der Waals surface area (Å²) in [6.45, 7) is 4.38. The van der Waals surface area contributed by atoms with Crippen molar-refractivity contribution >= 4 is 10.0 Å². The van der Waals surface area contributed by atoms with Crippen molar-refractivity contribution in [2.24, 2.45) is 11.8 Å². The Labute approximate surface area is 129 Å². The summed E-state index contributed by atoms with van der Waals surface area (Å²) < 4.78 is 32.2. The number of methoxy groups -OCH3 is 1. The molecular formula is C15H30N2O3S. The Kier molecular flexibility index (Phi) is 6.92. The van der Waals surface area contributed by atoms with Crippen LogP contribution in [0.4, 0.5) is 0 Å². The minimum atomic E-state index is -3.09. The van der Waals surface area contributed by atoms with Gasteiger partial charge in [-0.05, 0) is 44.1 Å². The van der Waals surface area contributed by atoms with E-state index in [0.717, 1.165) is 51.9 Å². The predicted molar refractivity (Wildman–Crippen MR) is 84.8 cm³/mol. The molecular weight excluding hydrogens is 288 g/mol. The first-order valence-corrected chi connectivity index (χ1v) is 9.93. The minimum absolute atomic E-state index is 0.326. The Balaban J connectivity index is 1.70. The van der Waals surface area contributed by atoms with E-state index in [2.05, 4.69) is 9.62 Å². The van der Waals surface area contributed by atoms with Crippen LogP contribution in [-0.2, 0) is 14.8 Å². The van der Waals surface area contributed by atoms with Crippen LogP contribution in [0, 0.1) is 11.8 Å². The number of sulfonamides is 1. The fraction of sp³-hybridized carbons (Fsp3) is 1.00. The van der Waals surface area contributed by atoms with Gasteiger partial charge in [0.05, 0.1) is 12.4 Å². The van der Waals surface area contributed by atoms with Gasteiger partial charge in [0.1, 0.15) is 0 Å². The first kappa shape index (κ1) is 17.2. The van der Waals surface area contributed by atoms with Crippen LogP contribution in [0.1, 0.15) is 38.5 Å². The fourth-order valence-corrected chi connectivity index (χ4v) is 5.09. The lowest BCUT2D eigenvalue weighted by molar-refractivity contribution is 0.115. The number of piperidine rings is 1. The molecule has 0 radical (unpaired) electrons. The number of hydrogen-bond acceptors (Lipinski definition) is 4. The minimum Gasteiger partial charge on any atom is -0.383 e. The Bertz CT molecular complexity index is 394. The van der Waals surface area contributed by atoms with Crippen LogP contribution in [0.15, 0.2) is 0 Å². The van der Waals surface area contributed by atoms with Crippen LogP contribution in [0.25, 0.3) is 0 Å². The normalized spacial score (nSPS) is 25.5. The van der Waals surface area contributed by atoms with Crippen LogP contribution in [0.2, 0.25) is 0 Å². The highest BCUT2D eigenvalue weighted by atomic mass is 32.2. The van der Waals surface area contributed by atoms with Gasteiger partial charge in [-0.1, -0.05) is 12.8 Å². The van der Waals surface area contributed by atoms with Crippen LogP contribution in [0.5, 0.6) is 0 Å². The highest BCUT2D eigenvalue weighted by Gasteiger charge is 2.25. The summed E-state index contributed by atoms with van der Waals surface area (Å²) in [6, 6.07) is 0. The van der Waals surface area contributed by atoms with Gasteiger partial charge in [0.15, 0.2) is 0 Å². The zero-order valence-corrected chi connectivity index (χ0v) is 14.0. The van der Waals surface area contributed by atoms with E-state index in [9.17, 15) is 8.42 Å². The Hall–Kier alpha value is -0.170. The van der Waals surface area contributed by atoms with Gasteiger partial charge in [0.2, 0.25) is 10.0 Å². The van der Waals surface area contributed by atoms with Crippen molar-refractivity contribution < 1.29 is 13.2 Å². The third-order valence-electron chi connectivity index (χ3n) is 4.74. The van der Waals surface area contributed by atoms with Gasteiger partial charge in [-0.2, -0.15) is 0 Å². The molecule has 1 aliphatic heterocycles. The quantitative estimate of drug-likeness (QED) is 0.736. The fourth-order valence-electron chi connectivity index (χ4n) is 3.53. The summed E-state index contributed by atoms with van der Waals surface area (Å²) in [5, 5.41) is 0. The van der Waals surface area contributed by atoms with Gasteiger partial charge in [-0.15, -0.1) is 0 Å². The van der Waals surface area contributed by atoms with Gasteiger partial charge >= 0.3 is 0 Å². The van der Waals surface area contributed by atoms with E-state index in [0.29, 0.717) is 24.1 Å². The molecule has 0 amide bonds. The van der Waals surface area contributed by atoms with E-state index in [4.69, 9.17) is 4.74 Å². The maximum Gasteiger partial charge on any atom is 0.211 e. The van der Waals surface area contributed by atoms with Gasteiger partial charge < -0.3 is 9.64 Å². The van der Waals surface area contributed by atoms with Crippen LogP contribution >= 0.6 is 0 Å². The second-order valence-electron chi connectivity index (χ2n) is 6.58. The molecule has 124 valence electrons. The lowest BCUT2D eigenvalue weighted by Gasteiger charge is -2.32. The smallest absolute Gasteiger partial charge is 0.211 e. The first-order valence-electron chi connectivity index (χ1n) is 8.27. The van der Waals surface area contributed by atoms with Gasteiger partial charge in [0, 0.05) is 26.7 Å². The molecule has 2 fully saturated rings. The summed E-state index contributed by atoms with van der Waals surface area (Å²) in [6.07, 6.45) is 6.81. The molecule has 1 unspecified atom stereocenters. The second kappa shape index (κ2) is 8.46. The molecule has 1 N–H and O–H groups in total. The van der Waals surface area contributed by atoms with Crippen LogP contribution in [0.3, 0.4) is 0 Å².